The number of benzene rings is 2. The Bertz CT molecular complexity index is 777. The summed E-state index contributed by atoms with van der Waals surface area (Å²) in [6.45, 7) is 22.0. The normalized spacial score (nSPS) is 13.4. The third-order valence-corrected chi connectivity index (χ3v) is 5.18. The van der Waals surface area contributed by atoms with Gasteiger partial charge in [0.2, 0.25) is 0 Å². The van der Waals surface area contributed by atoms with Gasteiger partial charge in [0.05, 0.1) is 6.04 Å². The first-order chi connectivity index (χ1) is 14.4. The zero-order valence-electron chi connectivity index (χ0n) is 22.0. The Morgan fingerprint density at radius 1 is 0.562 bits per heavy atom. The minimum absolute atomic E-state index is 0.191. The van der Waals surface area contributed by atoms with Crippen LogP contribution in [0.5, 0.6) is 11.5 Å². The van der Waals surface area contributed by atoms with Crippen molar-refractivity contribution in [1.82, 2.24) is 0 Å². The van der Waals surface area contributed by atoms with E-state index in [1.165, 1.54) is 0 Å². The van der Waals surface area contributed by atoms with Gasteiger partial charge < -0.3 is 15.2 Å². The van der Waals surface area contributed by atoms with Crippen LogP contribution in [-0.4, -0.2) is 11.2 Å². The molecule has 0 unspecified atom stereocenters. The highest BCUT2D eigenvalue weighted by molar-refractivity contribution is 5.37. The predicted octanol–water partition coefficient (Wildman–Crippen LogP) is 7.92. The number of ether oxygens (including phenoxy) is 2. The molecule has 0 aliphatic carbocycles. The molecule has 2 rings (SSSR count). The quantitative estimate of drug-likeness (QED) is 0.454. The smallest absolute Gasteiger partial charge is 0.120 e. The fraction of sp³-hybridized carbons (Fsp3) is 0.586. The molecule has 0 radical (unpaired) electrons. The lowest BCUT2D eigenvalue weighted by Gasteiger charge is -2.33. The first-order valence-electron chi connectivity index (χ1n) is 11.8. The van der Waals surface area contributed by atoms with Crippen LogP contribution in [0.3, 0.4) is 0 Å². The fourth-order valence-electron chi connectivity index (χ4n) is 4.94. The largest absolute Gasteiger partial charge is 0.488 e. The highest BCUT2D eigenvalue weighted by Crippen LogP contribution is 2.33. The van der Waals surface area contributed by atoms with Crippen molar-refractivity contribution < 1.29 is 9.47 Å². The van der Waals surface area contributed by atoms with Gasteiger partial charge in [0.15, 0.2) is 0 Å². The predicted molar refractivity (Wildman–Crippen MR) is 136 cm³/mol. The second-order valence-electron chi connectivity index (χ2n) is 12.8. The molecule has 0 heterocycles. The molecule has 0 bridgehead atoms. The molecule has 0 amide bonds. The van der Waals surface area contributed by atoms with Crippen LogP contribution in [0.1, 0.15) is 99.2 Å². The first kappa shape index (κ1) is 26.3. The third kappa shape index (κ3) is 8.86. The summed E-state index contributed by atoms with van der Waals surface area (Å²) >= 11 is 0. The number of hydrogen-bond donors (Lipinski definition) is 1. The minimum Gasteiger partial charge on any atom is -0.488 e. The summed E-state index contributed by atoms with van der Waals surface area (Å²) < 4.78 is 12.5. The zero-order valence-corrected chi connectivity index (χ0v) is 22.0. The second kappa shape index (κ2) is 9.47. The molecule has 0 spiro atoms. The SMILES string of the molecule is CC(C)(C)CC(C)(C)Oc1ccc(C(N)c2ccc(OC(C)(C)CC(C)(C)C)cc2)cc1. The maximum atomic E-state index is 6.56. The van der Waals surface area contributed by atoms with Crippen LogP contribution in [0.15, 0.2) is 48.5 Å². The van der Waals surface area contributed by atoms with Crippen molar-refractivity contribution in [3.8, 4) is 11.5 Å². The standard InChI is InChI=1S/C29H45NO2/c1-26(2,3)19-28(7,8)31-23-15-11-21(12-16-23)25(30)22-13-17-24(18-14-22)32-29(9,10)20-27(4,5)6/h11-18,25H,19-20,30H2,1-10H3. The molecule has 0 saturated heterocycles. The Kier molecular flexibility index (Phi) is 7.77. The Hall–Kier alpha value is -2.00. The van der Waals surface area contributed by atoms with E-state index in [-0.39, 0.29) is 28.1 Å². The molecule has 0 aliphatic rings. The molecule has 3 heteroatoms. The van der Waals surface area contributed by atoms with Crippen molar-refractivity contribution in [2.24, 2.45) is 16.6 Å². The van der Waals surface area contributed by atoms with Crippen molar-refractivity contribution in [1.29, 1.82) is 0 Å². The van der Waals surface area contributed by atoms with Gasteiger partial charge in [-0.05, 0) is 86.8 Å². The van der Waals surface area contributed by atoms with E-state index in [4.69, 9.17) is 15.2 Å². The molecule has 2 aromatic carbocycles. The first-order valence-corrected chi connectivity index (χ1v) is 11.8. The monoisotopic (exact) mass is 439 g/mol. The molecule has 0 aliphatic heterocycles. The lowest BCUT2D eigenvalue weighted by Crippen LogP contribution is -2.33. The average molecular weight is 440 g/mol. The summed E-state index contributed by atoms with van der Waals surface area (Å²) in [5, 5.41) is 0. The van der Waals surface area contributed by atoms with Gasteiger partial charge in [0, 0.05) is 0 Å². The molecular formula is C29H45NO2. The second-order valence-corrected chi connectivity index (χ2v) is 12.8. The van der Waals surface area contributed by atoms with Crippen molar-refractivity contribution in [2.75, 3.05) is 0 Å². The molecule has 0 aromatic heterocycles. The molecule has 32 heavy (non-hydrogen) atoms. The van der Waals surface area contributed by atoms with E-state index in [0.717, 1.165) is 35.5 Å². The summed E-state index contributed by atoms with van der Waals surface area (Å²) in [6.07, 6.45) is 1.95. The molecule has 0 saturated carbocycles. The van der Waals surface area contributed by atoms with Gasteiger partial charge in [0.1, 0.15) is 22.7 Å². The van der Waals surface area contributed by atoms with Crippen LogP contribution >= 0.6 is 0 Å². The van der Waals surface area contributed by atoms with E-state index in [0.29, 0.717) is 0 Å². The van der Waals surface area contributed by atoms with Gasteiger partial charge in [-0.15, -0.1) is 0 Å². The maximum absolute atomic E-state index is 6.56. The molecular weight excluding hydrogens is 394 g/mol. The van der Waals surface area contributed by atoms with E-state index in [2.05, 4.69) is 93.5 Å². The maximum Gasteiger partial charge on any atom is 0.120 e. The molecule has 0 fully saturated rings. The van der Waals surface area contributed by atoms with E-state index >= 15 is 0 Å². The number of nitrogens with two attached hydrogens (primary N) is 1. The highest BCUT2D eigenvalue weighted by atomic mass is 16.5. The Labute approximate surface area is 196 Å². The lowest BCUT2D eigenvalue weighted by atomic mass is 9.83. The summed E-state index contributed by atoms with van der Waals surface area (Å²) in [6, 6.07) is 16.1. The van der Waals surface area contributed by atoms with Crippen molar-refractivity contribution >= 4 is 0 Å². The Balaban J connectivity index is 2.04. The van der Waals surface area contributed by atoms with Crippen LogP contribution in [0, 0.1) is 10.8 Å². The molecule has 2 N–H and O–H groups in total. The van der Waals surface area contributed by atoms with Crippen LogP contribution in [0.4, 0.5) is 0 Å². The Morgan fingerprint density at radius 3 is 1.09 bits per heavy atom. The average Bonchev–Trinajstić information content (AvgIpc) is 2.57. The summed E-state index contributed by atoms with van der Waals surface area (Å²) in [7, 11) is 0. The summed E-state index contributed by atoms with van der Waals surface area (Å²) in [4.78, 5) is 0. The van der Waals surface area contributed by atoms with E-state index < -0.39 is 0 Å². The summed E-state index contributed by atoms with van der Waals surface area (Å²) in [5.74, 6) is 1.75. The van der Waals surface area contributed by atoms with Gasteiger partial charge in [-0.1, -0.05) is 65.8 Å². The number of hydrogen-bond acceptors (Lipinski definition) is 3. The Morgan fingerprint density at radius 2 is 0.844 bits per heavy atom. The van der Waals surface area contributed by atoms with Gasteiger partial charge >= 0.3 is 0 Å². The molecule has 3 nitrogen and oxygen atoms in total. The van der Waals surface area contributed by atoms with Gasteiger partial charge in [-0.3, -0.25) is 0 Å². The fourth-order valence-corrected chi connectivity index (χ4v) is 4.94. The summed E-state index contributed by atoms with van der Waals surface area (Å²) in [5.41, 5.74) is 8.66. The molecule has 178 valence electrons. The van der Waals surface area contributed by atoms with E-state index in [1.54, 1.807) is 0 Å². The van der Waals surface area contributed by atoms with Crippen molar-refractivity contribution in [3.05, 3.63) is 59.7 Å². The third-order valence-electron chi connectivity index (χ3n) is 5.18. The zero-order chi connectivity index (χ0) is 24.4. The van der Waals surface area contributed by atoms with E-state index in [9.17, 15) is 0 Å². The van der Waals surface area contributed by atoms with Gasteiger partial charge in [-0.25, -0.2) is 0 Å². The van der Waals surface area contributed by atoms with E-state index in [1.807, 2.05) is 24.3 Å². The minimum atomic E-state index is -0.224. The van der Waals surface area contributed by atoms with Gasteiger partial charge in [0.25, 0.3) is 0 Å². The van der Waals surface area contributed by atoms with Gasteiger partial charge in [-0.2, -0.15) is 0 Å². The van der Waals surface area contributed by atoms with Crippen molar-refractivity contribution in [2.45, 2.75) is 99.3 Å². The molecule has 2 aromatic rings. The highest BCUT2D eigenvalue weighted by Gasteiger charge is 2.28. The number of rotatable bonds is 8. The lowest BCUT2D eigenvalue weighted by molar-refractivity contribution is 0.0615. The van der Waals surface area contributed by atoms with Crippen molar-refractivity contribution in [3.63, 3.8) is 0 Å². The topological polar surface area (TPSA) is 44.5 Å². The van der Waals surface area contributed by atoms with Crippen LogP contribution in [0.2, 0.25) is 0 Å². The van der Waals surface area contributed by atoms with Crippen LogP contribution < -0.4 is 15.2 Å². The molecule has 0 atom stereocenters. The van der Waals surface area contributed by atoms with Crippen LogP contribution in [-0.2, 0) is 0 Å². The van der Waals surface area contributed by atoms with Crippen LogP contribution in [0.25, 0.3) is 0 Å².